The van der Waals surface area contributed by atoms with Crippen molar-refractivity contribution in [1.82, 2.24) is 5.32 Å². The van der Waals surface area contributed by atoms with Crippen molar-refractivity contribution in [2.75, 3.05) is 25.6 Å². The van der Waals surface area contributed by atoms with Crippen LogP contribution < -0.4 is 10.6 Å². The van der Waals surface area contributed by atoms with E-state index in [-0.39, 0.29) is 12.0 Å². The van der Waals surface area contributed by atoms with Crippen LogP contribution in [0.5, 0.6) is 0 Å². The first-order valence-corrected chi connectivity index (χ1v) is 9.93. The summed E-state index contributed by atoms with van der Waals surface area (Å²) in [4.78, 5) is 25.0. The van der Waals surface area contributed by atoms with Crippen LogP contribution in [0.3, 0.4) is 0 Å². The van der Waals surface area contributed by atoms with Crippen LogP contribution in [0.15, 0.2) is 28.9 Å². The smallest absolute Gasteiger partial charge is 0.407 e. The summed E-state index contributed by atoms with van der Waals surface area (Å²) in [5, 5.41) is 15.5. The molecule has 2 heterocycles. The van der Waals surface area contributed by atoms with Crippen molar-refractivity contribution in [2.24, 2.45) is 0 Å². The Labute approximate surface area is 172 Å². The van der Waals surface area contributed by atoms with Gasteiger partial charge in [-0.3, -0.25) is 4.79 Å². The fourth-order valence-electron chi connectivity index (χ4n) is 3.01. The maximum absolute atomic E-state index is 12.2. The number of nitrogens with zero attached hydrogens (tertiary/aromatic N) is 1. The molecule has 0 spiro atoms. The summed E-state index contributed by atoms with van der Waals surface area (Å²) in [6.45, 7) is 0.796. The van der Waals surface area contributed by atoms with Gasteiger partial charge in [0.25, 0.3) is 0 Å². The third kappa shape index (κ3) is 5.47. The minimum absolute atomic E-state index is 0.266. The maximum atomic E-state index is 12.2. The summed E-state index contributed by atoms with van der Waals surface area (Å²) in [6.07, 6.45) is 5.45. The monoisotopic (exact) mass is 415 g/mol. The van der Waals surface area contributed by atoms with Crippen molar-refractivity contribution >= 4 is 34.4 Å². The number of carbonyl (C=O) groups is 2. The topological polar surface area (TPSA) is 114 Å². The molecule has 2 N–H and O–H groups in total. The Morgan fingerprint density at radius 2 is 2.34 bits per heavy atom. The molecule has 0 saturated heterocycles. The molecule has 0 aromatic carbocycles. The normalized spacial score (nSPS) is 15.5. The Morgan fingerprint density at radius 3 is 3.07 bits per heavy atom. The highest BCUT2D eigenvalue weighted by atomic mass is 32.1. The number of anilines is 1. The van der Waals surface area contributed by atoms with E-state index in [0.29, 0.717) is 48.7 Å². The van der Waals surface area contributed by atoms with Gasteiger partial charge in [-0.15, -0.1) is 11.3 Å². The number of hydrogen-bond donors (Lipinski definition) is 2. The van der Waals surface area contributed by atoms with Crippen LogP contribution in [-0.2, 0) is 27.1 Å². The SMILES string of the molecule is COCCNC(=O)OC1CCc2c(sc(NC(=O)/C=C/c3ccco3)c2C#N)C1. The molecule has 1 atom stereocenters. The third-order valence-electron chi connectivity index (χ3n) is 4.36. The van der Waals surface area contributed by atoms with Gasteiger partial charge >= 0.3 is 6.09 Å². The van der Waals surface area contributed by atoms with Gasteiger partial charge in [-0.05, 0) is 36.6 Å². The zero-order valence-electron chi connectivity index (χ0n) is 15.9. The second kappa shape index (κ2) is 9.91. The fourth-order valence-corrected chi connectivity index (χ4v) is 4.27. The van der Waals surface area contributed by atoms with Gasteiger partial charge in [0, 0.05) is 31.0 Å². The zero-order chi connectivity index (χ0) is 20.6. The van der Waals surface area contributed by atoms with Gasteiger partial charge in [0.15, 0.2) is 0 Å². The molecular formula is C20H21N3O5S. The van der Waals surface area contributed by atoms with Crippen molar-refractivity contribution in [3.63, 3.8) is 0 Å². The number of methoxy groups -OCH3 is 1. The lowest BCUT2D eigenvalue weighted by atomic mass is 9.94. The molecule has 1 aliphatic rings. The lowest BCUT2D eigenvalue weighted by molar-refractivity contribution is -0.111. The van der Waals surface area contributed by atoms with Crippen molar-refractivity contribution in [2.45, 2.75) is 25.4 Å². The van der Waals surface area contributed by atoms with Crippen molar-refractivity contribution in [3.8, 4) is 6.07 Å². The van der Waals surface area contributed by atoms with E-state index in [0.717, 1.165) is 10.4 Å². The molecule has 8 nitrogen and oxygen atoms in total. The summed E-state index contributed by atoms with van der Waals surface area (Å²) in [6, 6.07) is 5.65. The molecule has 0 radical (unpaired) electrons. The molecule has 29 heavy (non-hydrogen) atoms. The molecular weight excluding hydrogens is 394 g/mol. The van der Waals surface area contributed by atoms with E-state index in [9.17, 15) is 14.9 Å². The Kier molecular flexibility index (Phi) is 7.05. The van der Waals surface area contributed by atoms with Crippen LogP contribution in [0, 0.1) is 11.3 Å². The molecule has 1 aliphatic carbocycles. The van der Waals surface area contributed by atoms with E-state index in [2.05, 4.69) is 16.7 Å². The van der Waals surface area contributed by atoms with E-state index >= 15 is 0 Å². The summed E-state index contributed by atoms with van der Waals surface area (Å²) in [5.74, 6) is 0.219. The highest BCUT2D eigenvalue weighted by Gasteiger charge is 2.28. The van der Waals surface area contributed by atoms with Crippen molar-refractivity contribution < 1.29 is 23.5 Å². The van der Waals surface area contributed by atoms with Gasteiger partial charge in [-0.25, -0.2) is 4.79 Å². The van der Waals surface area contributed by atoms with E-state index in [1.165, 1.54) is 23.7 Å². The molecule has 2 amide bonds. The first kappa shape index (κ1) is 20.6. The number of ether oxygens (including phenoxy) is 2. The molecule has 0 aliphatic heterocycles. The van der Waals surface area contributed by atoms with E-state index in [4.69, 9.17) is 13.9 Å². The molecule has 1 unspecified atom stereocenters. The van der Waals surface area contributed by atoms with Gasteiger partial charge in [-0.1, -0.05) is 0 Å². The number of fused-ring (bicyclic) bond motifs is 1. The lowest BCUT2D eigenvalue weighted by Crippen LogP contribution is -2.33. The highest BCUT2D eigenvalue weighted by molar-refractivity contribution is 7.16. The van der Waals surface area contributed by atoms with Crippen LogP contribution in [0.25, 0.3) is 6.08 Å². The Morgan fingerprint density at radius 1 is 1.48 bits per heavy atom. The fraction of sp³-hybridized carbons (Fsp3) is 0.350. The largest absolute Gasteiger partial charge is 0.465 e. The third-order valence-corrected chi connectivity index (χ3v) is 5.53. The number of carbonyl (C=O) groups excluding carboxylic acids is 2. The number of thiophene rings is 1. The average Bonchev–Trinajstić information content (AvgIpc) is 3.33. The number of rotatable bonds is 7. The van der Waals surface area contributed by atoms with Gasteiger partial charge in [0.1, 0.15) is 22.9 Å². The number of furan rings is 1. The van der Waals surface area contributed by atoms with Crippen LogP contribution in [-0.4, -0.2) is 38.4 Å². The number of nitrogens with one attached hydrogen (secondary N) is 2. The second-order valence-electron chi connectivity index (χ2n) is 6.35. The Bertz CT molecular complexity index is 927. The van der Waals surface area contributed by atoms with Crippen LogP contribution in [0.1, 0.15) is 28.2 Å². The zero-order valence-corrected chi connectivity index (χ0v) is 16.7. The standard InChI is InChI=1S/C20H21N3O5S/c1-26-10-8-22-20(25)28-14-4-6-15-16(12-21)19(29-17(15)11-14)23-18(24)7-5-13-3-2-9-27-13/h2-3,5,7,9,14H,4,6,8,10-11H2,1H3,(H,22,25)(H,23,24)/b7-5+. The maximum Gasteiger partial charge on any atom is 0.407 e. The molecule has 152 valence electrons. The van der Waals surface area contributed by atoms with Crippen LogP contribution >= 0.6 is 11.3 Å². The number of amides is 2. The predicted molar refractivity (Wildman–Crippen MR) is 108 cm³/mol. The number of alkyl carbamates (subject to hydrolysis) is 1. The molecule has 2 aromatic heterocycles. The molecule has 9 heteroatoms. The van der Waals surface area contributed by atoms with E-state index in [1.54, 1.807) is 25.3 Å². The summed E-state index contributed by atoms with van der Waals surface area (Å²) < 4.78 is 15.5. The van der Waals surface area contributed by atoms with Gasteiger partial charge in [-0.2, -0.15) is 5.26 Å². The second-order valence-corrected chi connectivity index (χ2v) is 7.45. The summed E-state index contributed by atoms with van der Waals surface area (Å²) >= 11 is 1.35. The molecule has 0 bridgehead atoms. The Hall–Kier alpha value is -3.09. The first-order chi connectivity index (χ1) is 14.1. The average molecular weight is 415 g/mol. The first-order valence-electron chi connectivity index (χ1n) is 9.11. The summed E-state index contributed by atoms with van der Waals surface area (Å²) in [7, 11) is 1.56. The van der Waals surface area contributed by atoms with E-state index < -0.39 is 6.09 Å². The quantitative estimate of drug-likeness (QED) is 0.531. The highest BCUT2D eigenvalue weighted by Crippen LogP contribution is 2.38. The Balaban J connectivity index is 1.63. The summed E-state index contributed by atoms with van der Waals surface area (Å²) in [5.41, 5.74) is 1.40. The minimum atomic E-state index is -0.482. The van der Waals surface area contributed by atoms with Crippen LogP contribution in [0.4, 0.5) is 9.80 Å². The van der Waals surface area contributed by atoms with Gasteiger partial charge in [0.05, 0.1) is 18.4 Å². The van der Waals surface area contributed by atoms with Gasteiger partial charge < -0.3 is 24.5 Å². The molecule has 0 saturated carbocycles. The lowest BCUT2D eigenvalue weighted by Gasteiger charge is -2.22. The molecule has 2 aromatic rings. The minimum Gasteiger partial charge on any atom is -0.465 e. The van der Waals surface area contributed by atoms with Crippen molar-refractivity contribution in [1.29, 1.82) is 5.26 Å². The van der Waals surface area contributed by atoms with E-state index in [1.807, 2.05) is 0 Å². The number of hydrogen-bond acceptors (Lipinski definition) is 7. The molecule has 0 fully saturated rings. The van der Waals surface area contributed by atoms with Crippen molar-refractivity contribution in [3.05, 3.63) is 46.2 Å². The molecule has 3 rings (SSSR count). The van der Waals surface area contributed by atoms with Gasteiger partial charge in [0.2, 0.25) is 5.91 Å². The predicted octanol–water partition coefficient (Wildman–Crippen LogP) is 3.09. The van der Waals surface area contributed by atoms with Crippen LogP contribution in [0.2, 0.25) is 0 Å². The number of nitriles is 1.